The van der Waals surface area contributed by atoms with E-state index in [1.807, 2.05) is 24.5 Å². The number of imidazole rings is 2. The second kappa shape index (κ2) is 13.5. The number of halogens is 2. The van der Waals surface area contributed by atoms with Crippen LogP contribution in [-0.2, 0) is 0 Å². The molecule has 3 aromatic heterocycles. The molecule has 0 amide bonds. The monoisotopic (exact) mass is 714 g/mol. The lowest BCUT2D eigenvalue weighted by molar-refractivity contribution is 0.499. The summed E-state index contributed by atoms with van der Waals surface area (Å²) in [5.41, 5.74) is 6.06. The van der Waals surface area contributed by atoms with Gasteiger partial charge < -0.3 is 30.4 Å². The summed E-state index contributed by atoms with van der Waals surface area (Å²) in [6, 6.07) is 17.1. The fourth-order valence-electron chi connectivity index (χ4n) is 9.34. The van der Waals surface area contributed by atoms with Crippen LogP contribution in [0.4, 0.5) is 20.4 Å². The van der Waals surface area contributed by atoms with Gasteiger partial charge in [0.25, 0.3) is 0 Å². The number of rotatable bonds is 7. The minimum Gasteiger partial charge on any atom is -0.355 e. The van der Waals surface area contributed by atoms with E-state index in [0.717, 1.165) is 93.1 Å². The number of nitrogens with zero attached hydrogens (tertiary/aromatic N) is 6. The van der Waals surface area contributed by atoms with Crippen LogP contribution in [0.5, 0.6) is 0 Å². The van der Waals surface area contributed by atoms with Gasteiger partial charge >= 0.3 is 0 Å². The van der Waals surface area contributed by atoms with Crippen molar-refractivity contribution in [2.75, 3.05) is 36.0 Å². The van der Waals surface area contributed by atoms with E-state index in [2.05, 4.69) is 60.7 Å². The van der Waals surface area contributed by atoms with Gasteiger partial charge in [0, 0.05) is 36.3 Å². The summed E-state index contributed by atoms with van der Waals surface area (Å²) in [5.74, 6) is 2.26. The highest BCUT2D eigenvalue weighted by Gasteiger charge is 2.39. The van der Waals surface area contributed by atoms with E-state index in [9.17, 15) is 0 Å². The molecule has 0 aliphatic carbocycles. The third kappa shape index (κ3) is 6.01. The summed E-state index contributed by atoms with van der Waals surface area (Å²) >= 11 is 0. The Morgan fingerprint density at radius 3 is 1.70 bits per heavy atom. The Balaban J connectivity index is 0.990. The lowest BCUT2D eigenvalue weighted by Gasteiger charge is -2.34. The molecule has 0 radical (unpaired) electrons. The molecule has 10 rings (SSSR count). The highest BCUT2D eigenvalue weighted by atomic mass is 19.1. The Labute approximate surface area is 306 Å². The lowest BCUT2D eigenvalue weighted by Crippen LogP contribution is -2.34. The molecule has 3 aromatic carbocycles. The van der Waals surface area contributed by atoms with E-state index in [0.29, 0.717) is 46.9 Å². The van der Waals surface area contributed by atoms with Gasteiger partial charge in [-0.3, -0.25) is 0 Å². The fraction of sp³-hybridized carbons (Fsp3) is 0.415. The summed E-state index contributed by atoms with van der Waals surface area (Å²) < 4.78 is 32.5. The highest BCUT2D eigenvalue weighted by molar-refractivity contribution is 5.78. The zero-order chi connectivity index (χ0) is 35.5. The summed E-state index contributed by atoms with van der Waals surface area (Å²) in [7, 11) is 0. The standard InChI is InChI=1S/C41H44F2N10/c42-29-20-35-33(48-39(50-35)31-8-4-14-44-31)18-27(29)37-10-11-38(28-19-34-36(21-30(28)43)51-40(49-34)32-9-5-15-45-32)53(37)26-22-46-41(47-23-26)52-16-12-25(13-17-52)24-6-2-1-3-7-24/h1-3,6-7,18-23,25,31-32,37-38,44-45H,4-5,8-17H2,(H,48,50)(H,49,51)/t31-,32-,37-,38-/m0/s1. The molecule has 0 saturated carbocycles. The maximum Gasteiger partial charge on any atom is 0.225 e. The molecular weight excluding hydrogens is 671 g/mol. The molecule has 4 aliphatic rings. The van der Waals surface area contributed by atoms with Crippen LogP contribution in [0.25, 0.3) is 22.1 Å². The van der Waals surface area contributed by atoms with Crippen molar-refractivity contribution in [2.45, 2.75) is 81.5 Å². The highest BCUT2D eigenvalue weighted by Crippen LogP contribution is 2.49. The third-order valence-electron chi connectivity index (χ3n) is 12.1. The molecular formula is C41H44F2N10. The average Bonchev–Trinajstić information content (AvgIpc) is 4.04. The van der Waals surface area contributed by atoms with Gasteiger partial charge in [0.2, 0.25) is 5.95 Å². The maximum absolute atomic E-state index is 16.2. The first-order valence-electron chi connectivity index (χ1n) is 19.3. The summed E-state index contributed by atoms with van der Waals surface area (Å²) in [4.78, 5) is 30.6. The number of anilines is 2. The molecule has 6 aromatic rings. The molecule has 4 N–H and O–H groups in total. The van der Waals surface area contributed by atoms with Crippen LogP contribution < -0.4 is 20.4 Å². The van der Waals surface area contributed by atoms with Crippen molar-refractivity contribution in [3.8, 4) is 0 Å². The second-order valence-electron chi connectivity index (χ2n) is 15.3. The van der Waals surface area contributed by atoms with Gasteiger partial charge in [-0.25, -0.2) is 28.7 Å². The van der Waals surface area contributed by atoms with E-state index < -0.39 is 0 Å². The zero-order valence-corrected chi connectivity index (χ0v) is 29.7. The number of benzene rings is 3. The Morgan fingerprint density at radius 2 is 1.19 bits per heavy atom. The van der Waals surface area contributed by atoms with Crippen molar-refractivity contribution >= 4 is 33.7 Å². The van der Waals surface area contributed by atoms with Crippen molar-refractivity contribution in [1.29, 1.82) is 0 Å². The molecule has 0 bridgehead atoms. The molecule has 0 spiro atoms. The van der Waals surface area contributed by atoms with Gasteiger partial charge in [0.05, 0.1) is 64.3 Å². The summed E-state index contributed by atoms with van der Waals surface area (Å²) in [6.45, 7) is 3.64. The number of H-pyrrole nitrogens is 2. The fourth-order valence-corrected chi connectivity index (χ4v) is 9.34. The predicted molar refractivity (Wildman–Crippen MR) is 202 cm³/mol. The summed E-state index contributed by atoms with van der Waals surface area (Å²) in [5, 5.41) is 6.97. The van der Waals surface area contributed by atoms with Crippen molar-refractivity contribution in [3.63, 3.8) is 0 Å². The van der Waals surface area contributed by atoms with Gasteiger partial charge in [-0.15, -0.1) is 0 Å². The number of aromatic amines is 2. The number of hydrogen-bond acceptors (Lipinski definition) is 8. The minimum absolute atomic E-state index is 0.145. The molecule has 4 saturated heterocycles. The number of aromatic nitrogens is 6. The normalized spacial score (nSPS) is 24.0. The minimum atomic E-state index is -0.369. The molecule has 53 heavy (non-hydrogen) atoms. The molecule has 0 unspecified atom stereocenters. The van der Waals surface area contributed by atoms with Crippen molar-refractivity contribution in [3.05, 3.63) is 107 Å². The van der Waals surface area contributed by atoms with Crippen LogP contribution in [0.15, 0.2) is 67.0 Å². The van der Waals surface area contributed by atoms with Crippen LogP contribution in [0.1, 0.15) is 110 Å². The van der Waals surface area contributed by atoms with Crippen LogP contribution in [-0.4, -0.2) is 56.1 Å². The molecule has 272 valence electrons. The SMILES string of the molecule is Fc1cc2nc([C@@H]3CCCN3)[nH]c2cc1[C@@H]1CC[C@@H](c2cc3[nH]c([C@@H]4CCCN4)nc3cc2F)N1c1cnc(N2CCC(c3ccccc3)CC2)nc1. The largest absolute Gasteiger partial charge is 0.355 e. The van der Waals surface area contributed by atoms with E-state index in [1.54, 1.807) is 12.1 Å². The Hall–Kier alpha value is -4.94. The maximum atomic E-state index is 16.2. The van der Waals surface area contributed by atoms with E-state index in [-0.39, 0.29) is 35.8 Å². The third-order valence-corrected chi connectivity index (χ3v) is 12.1. The Morgan fingerprint density at radius 1 is 0.642 bits per heavy atom. The van der Waals surface area contributed by atoms with Gasteiger partial charge in [-0.1, -0.05) is 30.3 Å². The molecule has 10 nitrogen and oxygen atoms in total. The van der Waals surface area contributed by atoms with Crippen LogP contribution in [0.2, 0.25) is 0 Å². The van der Waals surface area contributed by atoms with Crippen molar-refractivity contribution < 1.29 is 8.78 Å². The number of piperidine rings is 1. The van der Waals surface area contributed by atoms with Gasteiger partial charge in [-0.05, 0) is 88.1 Å². The molecule has 7 heterocycles. The quantitative estimate of drug-likeness (QED) is 0.132. The molecule has 4 aliphatic heterocycles. The van der Waals surface area contributed by atoms with E-state index >= 15 is 8.78 Å². The number of hydrogen-bond donors (Lipinski definition) is 4. The first-order chi connectivity index (χ1) is 26.1. The van der Waals surface area contributed by atoms with Crippen LogP contribution in [0.3, 0.4) is 0 Å². The molecule has 4 fully saturated rings. The Bertz CT molecular complexity index is 2120. The zero-order valence-electron chi connectivity index (χ0n) is 29.7. The number of fused-ring (bicyclic) bond motifs is 2. The van der Waals surface area contributed by atoms with Gasteiger partial charge in [-0.2, -0.15) is 0 Å². The van der Waals surface area contributed by atoms with Gasteiger partial charge in [0.1, 0.15) is 23.3 Å². The van der Waals surface area contributed by atoms with E-state index in [4.69, 9.17) is 19.9 Å². The van der Waals surface area contributed by atoms with Crippen molar-refractivity contribution in [1.82, 2.24) is 40.5 Å². The average molecular weight is 715 g/mol. The lowest BCUT2D eigenvalue weighted by atomic mass is 9.90. The topological polar surface area (TPSA) is 114 Å². The molecule has 4 atom stereocenters. The molecule has 12 heteroatoms. The predicted octanol–water partition coefficient (Wildman–Crippen LogP) is 7.82. The number of nitrogens with one attached hydrogen (secondary N) is 4. The smallest absolute Gasteiger partial charge is 0.225 e. The van der Waals surface area contributed by atoms with Gasteiger partial charge in [0.15, 0.2) is 0 Å². The Kier molecular flexibility index (Phi) is 8.31. The van der Waals surface area contributed by atoms with E-state index in [1.165, 1.54) is 5.56 Å². The second-order valence-corrected chi connectivity index (χ2v) is 15.3. The first kappa shape index (κ1) is 32.7. The first-order valence-corrected chi connectivity index (χ1v) is 19.3. The van der Waals surface area contributed by atoms with Crippen LogP contribution >= 0.6 is 0 Å². The summed E-state index contributed by atoms with van der Waals surface area (Å²) in [6.07, 6.45) is 11.2. The van der Waals surface area contributed by atoms with Crippen molar-refractivity contribution in [2.24, 2.45) is 0 Å². The van der Waals surface area contributed by atoms with Crippen LogP contribution in [0, 0.1) is 11.6 Å².